The fourth-order valence-corrected chi connectivity index (χ4v) is 3.95. The van der Waals surface area contributed by atoms with E-state index in [2.05, 4.69) is 16.3 Å². The maximum Gasteiger partial charge on any atom is 0.215 e. The predicted molar refractivity (Wildman–Crippen MR) is 73.0 cm³/mol. The zero-order valence-corrected chi connectivity index (χ0v) is 11.9. The van der Waals surface area contributed by atoms with Gasteiger partial charge in [-0.25, -0.2) is 8.42 Å². The summed E-state index contributed by atoms with van der Waals surface area (Å²) in [5, 5.41) is 3.27. The molecule has 18 heavy (non-hydrogen) atoms. The van der Waals surface area contributed by atoms with E-state index in [0.717, 1.165) is 38.2 Å². The molecule has 2 aliphatic heterocycles. The highest BCUT2D eigenvalue weighted by atomic mass is 32.2. The van der Waals surface area contributed by atoms with Gasteiger partial charge in [0.25, 0.3) is 0 Å². The van der Waals surface area contributed by atoms with Gasteiger partial charge in [0, 0.05) is 45.8 Å². The van der Waals surface area contributed by atoms with Crippen LogP contribution in [0.2, 0.25) is 0 Å². The lowest BCUT2D eigenvalue weighted by molar-refractivity contribution is 0.252. The summed E-state index contributed by atoms with van der Waals surface area (Å²) in [5.74, 6) is 0.250. The van der Waals surface area contributed by atoms with E-state index in [4.69, 9.17) is 0 Å². The van der Waals surface area contributed by atoms with Crippen molar-refractivity contribution < 1.29 is 8.42 Å². The lowest BCUT2D eigenvalue weighted by Crippen LogP contribution is -2.46. The van der Waals surface area contributed by atoms with Gasteiger partial charge in [0.2, 0.25) is 10.0 Å². The molecule has 0 unspecified atom stereocenters. The van der Waals surface area contributed by atoms with E-state index in [1.165, 1.54) is 0 Å². The minimum Gasteiger partial charge on any atom is -0.314 e. The SMILES string of the molecule is CC1=CCCN(S(=O)(=O)CCN2CCNCC2)C1. The summed E-state index contributed by atoms with van der Waals surface area (Å²) in [7, 11) is -3.09. The molecule has 1 saturated heterocycles. The van der Waals surface area contributed by atoms with Gasteiger partial charge in [-0.05, 0) is 13.3 Å². The van der Waals surface area contributed by atoms with Gasteiger partial charge in [-0.15, -0.1) is 0 Å². The molecule has 0 saturated carbocycles. The second kappa shape index (κ2) is 6.14. The van der Waals surface area contributed by atoms with Crippen LogP contribution < -0.4 is 5.32 Å². The number of sulfonamides is 1. The average Bonchev–Trinajstić information content (AvgIpc) is 2.38. The molecule has 2 aliphatic rings. The minimum absolute atomic E-state index is 0.250. The Morgan fingerprint density at radius 1 is 1.28 bits per heavy atom. The Morgan fingerprint density at radius 2 is 2.00 bits per heavy atom. The summed E-state index contributed by atoms with van der Waals surface area (Å²) >= 11 is 0. The van der Waals surface area contributed by atoms with Crippen molar-refractivity contribution in [3.63, 3.8) is 0 Å². The Kier molecular flexibility index (Phi) is 4.77. The molecule has 2 heterocycles. The topological polar surface area (TPSA) is 52.7 Å². The summed E-state index contributed by atoms with van der Waals surface area (Å²) < 4.78 is 26.1. The van der Waals surface area contributed by atoms with Crippen LogP contribution in [-0.2, 0) is 10.0 Å². The first-order valence-corrected chi connectivity index (χ1v) is 8.25. The quantitative estimate of drug-likeness (QED) is 0.725. The lowest BCUT2D eigenvalue weighted by atomic mass is 10.2. The third-order valence-corrected chi connectivity index (χ3v) is 5.36. The van der Waals surface area contributed by atoms with Gasteiger partial charge >= 0.3 is 0 Å². The Hall–Kier alpha value is -0.430. The molecule has 0 aliphatic carbocycles. The van der Waals surface area contributed by atoms with E-state index < -0.39 is 10.0 Å². The molecule has 0 amide bonds. The molecule has 0 aromatic carbocycles. The predicted octanol–water partition coefficient (Wildman–Crippen LogP) is -0.127. The van der Waals surface area contributed by atoms with Crippen molar-refractivity contribution in [2.45, 2.75) is 13.3 Å². The maximum atomic E-state index is 12.2. The van der Waals surface area contributed by atoms with Gasteiger partial charge < -0.3 is 5.32 Å². The van der Waals surface area contributed by atoms with Crippen molar-refractivity contribution in [3.05, 3.63) is 11.6 Å². The van der Waals surface area contributed by atoms with Crippen LogP contribution in [0.25, 0.3) is 0 Å². The fourth-order valence-electron chi connectivity index (χ4n) is 2.42. The van der Waals surface area contributed by atoms with Crippen LogP contribution in [0.1, 0.15) is 13.3 Å². The van der Waals surface area contributed by atoms with E-state index in [1.807, 2.05) is 6.92 Å². The fraction of sp³-hybridized carbons (Fsp3) is 0.833. The number of rotatable bonds is 4. The summed E-state index contributed by atoms with van der Waals surface area (Å²) in [6.07, 6.45) is 2.97. The van der Waals surface area contributed by atoms with Gasteiger partial charge in [-0.3, -0.25) is 4.90 Å². The molecule has 104 valence electrons. The molecule has 0 radical (unpaired) electrons. The molecule has 0 aromatic rings. The molecule has 0 atom stereocenters. The average molecular weight is 273 g/mol. The second-order valence-electron chi connectivity index (χ2n) is 5.08. The van der Waals surface area contributed by atoms with Crippen molar-refractivity contribution >= 4 is 10.0 Å². The highest BCUT2D eigenvalue weighted by Crippen LogP contribution is 2.13. The van der Waals surface area contributed by atoms with Crippen LogP contribution in [0.5, 0.6) is 0 Å². The zero-order valence-electron chi connectivity index (χ0n) is 11.1. The smallest absolute Gasteiger partial charge is 0.215 e. The van der Waals surface area contributed by atoms with Crippen LogP contribution in [0.4, 0.5) is 0 Å². The highest BCUT2D eigenvalue weighted by molar-refractivity contribution is 7.89. The summed E-state index contributed by atoms with van der Waals surface area (Å²) in [6, 6.07) is 0. The van der Waals surface area contributed by atoms with Crippen molar-refractivity contribution in [1.29, 1.82) is 0 Å². The van der Waals surface area contributed by atoms with Crippen molar-refractivity contribution in [3.8, 4) is 0 Å². The highest BCUT2D eigenvalue weighted by Gasteiger charge is 2.24. The Morgan fingerprint density at radius 3 is 2.67 bits per heavy atom. The van der Waals surface area contributed by atoms with Crippen molar-refractivity contribution in [1.82, 2.24) is 14.5 Å². The van der Waals surface area contributed by atoms with Crippen LogP contribution in [-0.4, -0.2) is 69.2 Å². The Bertz CT molecular complexity index is 400. The van der Waals surface area contributed by atoms with E-state index in [9.17, 15) is 8.42 Å². The number of hydrogen-bond donors (Lipinski definition) is 1. The zero-order chi connectivity index (χ0) is 13.0. The molecule has 0 aromatic heterocycles. The van der Waals surface area contributed by atoms with Gasteiger partial charge in [0.05, 0.1) is 5.75 Å². The first kappa shape index (κ1) is 14.0. The third-order valence-electron chi connectivity index (χ3n) is 3.57. The Balaban J connectivity index is 1.85. The molecule has 1 N–H and O–H groups in total. The summed E-state index contributed by atoms with van der Waals surface area (Å²) in [6.45, 7) is 7.70. The van der Waals surface area contributed by atoms with E-state index in [1.54, 1.807) is 4.31 Å². The van der Waals surface area contributed by atoms with Crippen LogP contribution >= 0.6 is 0 Å². The third kappa shape index (κ3) is 3.78. The molecule has 0 spiro atoms. The Labute approximate surface area is 110 Å². The van der Waals surface area contributed by atoms with Gasteiger partial charge in [0.1, 0.15) is 0 Å². The molecule has 2 rings (SSSR count). The lowest BCUT2D eigenvalue weighted by Gasteiger charge is -2.29. The van der Waals surface area contributed by atoms with Gasteiger partial charge in [-0.1, -0.05) is 11.6 Å². The normalized spacial score (nSPS) is 23.9. The van der Waals surface area contributed by atoms with Crippen LogP contribution in [0.15, 0.2) is 11.6 Å². The van der Waals surface area contributed by atoms with E-state index in [0.29, 0.717) is 19.6 Å². The van der Waals surface area contributed by atoms with Crippen LogP contribution in [0, 0.1) is 0 Å². The van der Waals surface area contributed by atoms with E-state index >= 15 is 0 Å². The second-order valence-corrected chi connectivity index (χ2v) is 7.17. The first-order valence-electron chi connectivity index (χ1n) is 6.64. The van der Waals surface area contributed by atoms with Gasteiger partial charge in [-0.2, -0.15) is 4.31 Å². The number of hydrogen-bond acceptors (Lipinski definition) is 4. The monoisotopic (exact) mass is 273 g/mol. The molecular weight excluding hydrogens is 250 g/mol. The molecule has 0 bridgehead atoms. The van der Waals surface area contributed by atoms with Crippen molar-refractivity contribution in [2.75, 3.05) is 51.6 Å². The number of nitrogens with one attached hydrogen (secondary N) is 1. The largest absolute Gasteiger partial charge is 0.314 e. The molecule has 6 heteroatoms. The maximum absolute atomic E-state index is 12.2. The molecule has 5 nitrogen and oxygen atoms in total. The standard InChI is InChI=1S/C12H23N3O2S/c1-12-3-2-6-15(11-12)18(16,17)10-9-14-7-4-13-5-8-14/h3,13H,2,4-11H2,1H3. The van der Waals surface area contributed by atoms with Crippen LogP contribution in [0.3, 0.4) is 0 Å². The van der Waals surface area contributed by atoms with E-state index in [-0.39, 0.29) is 5.75 Å². The molecular formula is C12H23N3O2S. The summed E-state index contributed by atoms with van der Waals surface area (Å²) in [5.41, 5.74) is 1.16. The summed E-state index contributed by atoms with van der Waals surface area (Å²) in [4.78, 5) is 2.22. The molecule has 1 fully saturated rings. The first-order chi connectivity index (χ1) is 8.58. The number of nitrogens with zero attached hydrogens (tertiary/aromatic N) is 2. The minimum atomic E-state index is -3.09. The number of piperazine rings is 1. The van der Waals surface area contributed by atoms with Crippen molar-refractivity contribution in [2.24, 2.45) is 0 Å². The van der Waals surface area contributed by atoms with Gasteiger partial charge in [0.15, 0.2) is 0 Å².